The topological polar surface area (TPSA) is 49.3 Å². The summed E-state index contributed by atoms with van der Waals surface area (Å²) in [6, 6.07) is 7.86. The lowest BCUT2D eigenvalue weighted by Crippen LogP contribution is -2.25. The first-order valence-electron chi connectivity index (χ1n) is 4.30. The van der Waals surface area contributed by atoms with E-state index in [0.717, 1.165) is 10.0 Å². The average molecular weight is 258 g/mol. The Morgan fingerprint density at radius 2 is 2.07 bits per heavy atom. The number of rotatable bonds is 4. The highest BCUT2D eigenvalue weighted by molar-refractivity contribution is 9.10. The molecular formula is C10H12BrNO2. The predicted molar refractivity (Wildman–Crippen MR) is 58.2 cm³/mol. The van der Waals surface area contributed by atoms with Gasteiger partial charge in [0.2, 0.25) is 0 Å². The molecule has 76 valence electrons. The van der Waals surface area contributed by atoms with E-state index in [1.807, 2.05) is 31.2 Å². The molecule has 1 atom stereocenters. The summed E-state index contributed by atoms with van der Waals surface area (Å²) >= 11 is 3.34. The molecule has 0 saturated carbocycles. The van der Waals surface area contributed by atoms with E-state index in [1.54, 1.807) is 0 Å². The molecule has 4 heteroatoms. The third-order valence-electron chi connectivity index (χ3n) is 1.93. The number of nitrogens with one attached hydrogen (secondary N) is 1. The second-order valence-corrected chi connectivity index (χ2v) is 3.96. The second kappa shape index (κ2) is 5.12. The van der Waals surface area contributed by atoms with Crippen LogP contribution >= 0.6 is 15.9 Å². The van der Waals surface area contributed by atoms with E-state index in [1.165, 1.54) is 0 Å². The van der Waals surface area contributed by atoms with E-state index in [4.69, 9.17) is 5.11 Å². The fraction of sp³-hybridized carbons (Fsp3) is 0.300. The van der Waals surface area contributed by atoms with E-state index >= 15 is 0 Å². The monoisotopic (exact) mass is 257 g/mol. The molecule has 3 nitrogen and oxygen atoms in total. The van der Waals surface area contributed by atoms with Crippen molar-refractivity contribution < 1.29 is 9.90 Å². The van der Waals surface area contributed by atoms with Gasteiger partial charge in [-0.1, -0.05) is 28.1 Å². The van der Waals surface area contributed by atoms with Crippen molar-refractivity contribution in [1.82, 2.24) is 5.32 Å². The molecule has 2 N–H and O–H groups in total. The first-order valence-corrected chi connectivity index (χ1v) is 5.09. The molecule has 14 heavy (non-hydrogen) atoms. The highest BCUT2D eigenvalue weighted by Gasteiger charge is 2.05. The van der Waals surface area contributed by atoms with Crippen LogP contribution in [0, 0.1) is 0 Å². The summed E-state index contributed by atoms with van der Waals surface area (Å²) in [5.41, 5.74) is 1.08. The molecule has 1 aromatic carbocycles. The van der Waals surface area contributed by atoms with Crippen LogP contribution in [0.3, 0.4) is 0 Å². The van der Waals surface area contributed by atoms with Gasteiger partial charge in [0, 0.05) is 10.5 Å². The van der Waals surface area contributed by atoms with Gasteiger partial charge >= 0.3 is 5.97 Å². The Labute approximate surface area is 91.3 Å². The summed E-state index contributed by atoms with van der Waals surface area (Å²) in [7, 11) is 0. The van der Waals surface area contributed by atoms with Crippen molar-refractivity contribution in [1.29, 1.82) is 0 Å². The molecule has 0 aliphatic heterocycles. The van der Waals surface area contributed by atoms with Crippen molar-refractivity contribution in [2.45, 2.75) is 13.0 Å². The second-order valence-electron chi connectivity index (χ2n) is 3.05. The van der Waals surface area contributed by atoms with Crippen molar-refractivity contribution >= 4 is 21.9 Å². The molecule has 0 aromatic heterocycles. The SMILES string of the molecule is C[C@@H](NCC(=O)O)c1ccc(Br)cc1. The number of benzene rings is 1. The Bertz CT molecular complexity index is 310. The molecule has 1 aromatic rings. The Kier molecular flexibility index (Phi) is 4.10. The number of carboxylic acid groups (broad SMARTS) is 1. The molecule has 1 rings (SSSR count). The summed E-state index contributed by atoms with van der Waals surface area (Å²) in [6.45, 7) is 1.92. The highest BCUT2D eigenvalue weighted by atomic mass is 79.9. The van der Waals surface area contributed by atoms with E-state index < -0.39 is 5.97 Å². The zero-order valence-corrected chi connectivity index (χ0v) is 9.41. The molecule has 0 radical (unpaired) electrons. The van der Waals surface area contributed by atoms with Crippen LogP contribution in [-0.2, 0) is 4.79 Å². The average Bonchev–Trinajstić information content (AvgIpc) is 2.15. The summed E-state index contributed by atoms with van der Waals surface area (Å²) in [5, 5.41) is 11.4. The van der Waals surface area contributed by atoms with E-state index in [2.05, 4.69) is 21.2 Å². The van der Waals surface area contributed by atoms with E-state index in [0.29, 0.717) is 0 Å². The lowest BCUT2D eigenvalue weighted by Gasteiger charge is -2.12. The van der Waals surface area contributed by atoms with Crippen LogP contribution < -0.4 is 5.32 Å². The van der Waals surface area contributed by atoms with Gasteiger partial charge in [-0.05, 0) is 24.6 Å². The number of hydrogen-bond donors (Lipinski definition) is 2. The summed E-state index contributed by atoms with van der Waals surface area (Å²) in [5.74, 6) is -0.839. The van der Waals surface area contributed by atoms with Crippen molar-refractivity contribution in [3.8, 4) is 0 Å². The number of aliphatic carboxylic acids is 1. The van der Waals surface area contributed by atoms with Crippen LogP contribution in [0.1, 0.15) is 18.5 Å². The standard InChI is InChI=1S/C10H12BrNO2/c1-7(12-6-10(13)14)8-2-4-9(11)5-3-8/h2-5,7,12H,6H2,1H3,(H,13,14)/t7-/m1/s1. The normalized spacial score (nSPS) is 12.4. The first-order chi connectivity index (χ1) is 6.59. The number of hydrogen-bond acceptors (Lipinski definition) is 2. The van der Waals surface area contributed by atoms with Gasteiger partial charge in [0.25, 0.3) is 0 Å². The molecular weight excluding hydrogens is 246 g/mol. The van der Waals surface area contributed by atoms with Crippen LogP contribution in [0.25, 0.3) is 0 Å². The van der Waals surface area contributed by atoms with Gasteiger partial charge in [0.1, 0.15) is 0 Å². The van der Waals surface area contributed by atoms with Gasteiger partial charge in [0.15, 0.2) is 0 Å². The zero-order chi connectivity index (χ0) is 10.6. The van der Waals surface area contributed by atoms with Crippen molar-refractivity contribution in [3.63, 3.8) is 0 Å². The fourth-order valence-electron chi connectivity index (χ4n) is 1.11. The molecule has 0 spiro atoms. The smallest absolute Gasteiger partial charge is 0.317 e. The minimum absolute atomic E-state index is 0.0166. The van der Waals surface area contributed by atoms with E-state index in [9.17, 15) is 4.79 Å². The maximum Gasteiger partial charge on any atom is 0.317 e. The largest absolute Gasteiger partial charge is 0.480 e. The van der Waals surface area contributed by atoms with Gasteiger partial charge in [-0.25, -0.2) is 0 Å². The Morgan fingerprint density at radius 3 is 2.57 bits per heavy atom. The quantitative estimate of drug-likeness (QED) is 0.870. The minimum atomic E-state index is -0.839. The molecule has 0 amide bonds. The van der Waals surface area contributed by atoms with Crippen LogP contribution in [0.5, 0.6) is 0 Å². The minimum Gasteiger partial charge on any atom is -0.480 e. The van der Waals surface area contributed by atoms with Crippen LogP contribution in [0.4, 0.5) is 0 Å². The van der Waals surface area contributed by atoms with Gasteiger partial charge in [-0.15, -0.1) is 0 Å². The van der Waals surface area contributed by atoms with Crippen molar-refractivity contribution in [2.24, 2.45) is 0 Å². The molecule has 0 heterocycles. The third kappa shape index (κ3) is 3.47. The number of carboxylic acids is 1. The predicted octanol–water partition coefficient (Wildman–Crippen LogP) is 2.18. The first kappa shape index (κ1) is 11.2. The Balaban J connectivity index is 2.56. The van der Waals surface area contributed by atoms with Crippen molar-refractivity contribution in [2.75, 3.05) is 6.54 Å². The van der Waals surface area contributed by atoms with Gasteiger partial charge in [-0.3, -0.25) is 4.79 Å². The van der Waals surface area contributed by atoms with E-state index in [-0.39, 0.29) is 12.6 Å². The molecule has 0 aliphatic carbocycles. The van der Waals surface area contributed by atoms with Crippen LogP contribution in [-0.4, -0.2) is 17.6 Å². The summed E-state index contributed by atoms with van der Waals surface area (Å²) in [4.78, 5) is 10.3. The Hall–Kier alpha value is -0.870. The number of halogens is 1. The number of carbonyl (C=O) groups is 1. The van der Waals surface area contributed by atoms with Gasteiger partial charge < -0.3 is 10.4 Å². The zero-order valence-electron chi connectivity index (χ0n) is 7.83. The molecule has 0 saturated heterocycles. The fourth-order valence-corrected chi connectivity index (χ4v) is 1.37. The van der Waals surface area contributed by atoms with Gasteiger partial charge in [-0.2, -0.15) is 0 Å². The summed E-state index contributed by atoms with van der Waals surface area (Å²) < 4.78 is 1.02. The molecule has 0 aliphatic rings. The lowest BCUT2D eigenvalue weighted by molar-refractivity contribution is -0.136. The Morgan fingerprint density at radius 1 is 1.50 bits per heavy atom. The van der Waals surface area contributed by atoms with Gasteiger partial charge in [0.05, 0.1) is 6.54 Å². The third-order valence-corrected chi connectivity index (χ3v) is 2.46. The summed E-state index contributed by atoms with van der Waals surface area (Å²) in [6.07, 6.45) is 0. The molecule has 0 fully saturated rings. The highest BCUT2D eigenvalue weighted by Crippen LogP contribution is 2.15. The lowest BCUT2D eigenvalue weighted by atomic mass is 10.1. The maximum absolute atomic E-state index is 10.3. The van der Waals surface area contributed by atoms with Crippen LogP contribution in [0.2, 0.25) is 0 Å². The maximum atomic E-state index is 10.3. The molecule has 0 unspecified atom stereocenters. The van der Waals surface area contributed by atoms with Crippen molar-refractivity contribution in [3.05, 3.63) is 34.3 Å². The molecule has 0 bridgehead atoms. The van der Waals surface area contributed by atoms with Crippen LogP contribution in [0.15, 0.2) is 28.7 Å².